The molecule has 41 heavy (non-hydrogen) atoms. The lowest BCUT2D eigenvalue weighted by Crippen LogP contribution is -2.38. The lowest BCUT2D eigenvalue weighted by atomic mass is 9.87. The molecule has 1 saturated carbocycles. The van der Waals surface area contributed by atoms with Crippen LogP contribution < -0.4 is 14.8 Å². The number of esters is 1. The minimum Gasteiger partial charge on any atom is -0.492 e. The third-order valence-corrected chi connectivity index (χ3v) is 7.52. The predicted molar refractivity (Wildman–Crippen MR) is 158 cm³/mol. The van der Waals surface area contributed by atoms with Crippen molar-refractivity contribution >= 4 is 12.1 Å². The van der Waals surface area contributed by atoms with Gasteiger partial charge in [-0.05, 0) is 80.3 Å². The summed E-state index contributed by atoms with van der Waals surface area (Å²) in [6.07, 6.45) is -0.669. The largest absolute Gasteiger partial charge is 0.492 e. The van der Waals surface area contributed by atoms with Gasteiger partial charge in [-0.3, -0.25) is 4.90 Å². The molecule has 1 amide bonds. The second-order valence-electron chi connectivity index (χ2n) is 13.1. The fraction of sp³-hybridized carbons (Fsp3) is 0.576. The highest BCUT2D eigenvalue weighted by Gasteiger charge is 2.56. The van der Waals surface area contributed by atoms with Gasteiger partial charge in [0.15, 0.2) is 6.10 Å². The molecule has 0 radical (unpaired) electrons. The fourth-order valence-corrected chi connectivity index (χ4v) is 5.29. The summed E-state index contributed by atoms with van der Waals surface area (Å²) in [5, 5.41) is 3.01. The van der Waals surface area contributed by atoms with E-state index in [9.17, 15) is 9.59 Å². The molecule has 0 aromatic heterocycles. The van der Waals surface area contributed by atoms with Gasteiger partial charge in [-0.25, -0.2) is 9.59 Å². The van der Waals surface area contributed by atoms with E-state index in [-0.39, 0.29) is 23.5 Å². The zero-order valence-corrected chi connectivity index (χ0v) is 25.6. The second kappa shape index (κ2) is 12.7. The van der Waals surface area contributed by atoms with Crippen molar-refractivity contribution in [3.63, 3.8) is 0 Å². The van der Waals surface area contributed by atoms with Crippen molar-refractivity contribution in [2.75, 3.05) is 32.8 Å². The maximum Gasteiger partial charge on any atom is 0.407 e. The van der Waals surface area contributed by atoms with E-state index in [1.807, 2.05) is 69.3 Å². The van der Waals surface area contributed by atoms with Crippen LogP contribution in [0.3, 0.4) is 0 Å². The van der Waals surface area contributed by atoms with Gasteiger partial charge in [0.1, 0.15) is 23.7 Å². The van der Waals surface area contributed by atoms with E-state index in [0.717, 1.165) is 30.9 Å². The van der Waals surface area contributed by atoms with Crippen LogP contribution in [-0.2, 0) is 26.1 Å². The van der Waals surface area contributed by atoms with Crippen molar-refractivity contribution in [1.82, 2.24) is 10.2 Å². The van der Waals surface area contributed by atoms with E-state index in [1.54, 1.807) is 6.92 Å². The summed E-state index contributed by atoms with van der Waals surface area (Å²) < 4.78 is 22.7. The first kappa shape index (κ1) is 30.7. The average Bonchev–Trinajstić information content (AvgIpc) is 3.31. The average molecular weight is 567 g/mol. The monoisotopic (exact) mass is 566 g/mol. The minimum atomic E-state index is -0.738. The van der Waals surface area contributed by atoms with Crippen molar-refractivity contribution < 1.29 is 28.5 Å². The van der Waals surface area contributed by atoms with Crippen molar-refractivity contribution in [2.24, 2.45) is 11.8 Å². The lowest BCUT2D eigenvalue weighted by Gasteiger charge is -2.22. The van der Waals surface area contributed by atoms with Crippen LogP contribution in [-0.4, -0.2) is 67.6 Å². The fourth-order valence-electron chi connectivity index (χ4n) is 5.29. The van der Waals surface area contributed by atoms with Crippen LogP contribution in [0.25, 0.3) is 0 Å². The van der Waals surface area contributed by atoms with Gasteiger partial charge in [-0.1, -0.05) is 45.0 Å². The Hall–Kier alpha value is -3.26. The molecule has 0 bridgehead atoms. The number of hydrogen-bond donors (Lipinski definition) is 1. The number of carbonyl (C=O) groups excluding carboxylic acids is 2. The van der Waals surface area contributed by atoms with Crippen molar-refractivity contribution in [3.05, 3.63) is 59.7 Å². The Labute approximate surface area is 244 Å². The van der Waals surface area contributed by atoms with Gasteiger partial charge in [0.2, 0.25) is 0 Å². The molecule has 8 nitrogen and oxygen atoms in total. The van der Waals surface area contributed by atoms with Gasteiger partial charge in [-0.2, -0.15) is 0 Å². The maximum atomic E-state index is 12.7. The molecular formula is C33H46N2O6. The summed E-state index contributed by atoms with van der Waals surface area (Å²) in [6, 6.07) is 15.9. The zero-order valence-electron chi connectivity index (χ0n) is 25.6. The summed E-state index contributed by atoms with van der Waals surface area (Å²) in [4.78, 5) is 27.1. The number of ether oxygens (including phenoxy) is 4. The van der Waals surface area contributed by atoms with Gasteiger partial charge < -0.3 is 24.3 Å². The van der Waals surface area contributed by atoms with Crippen LogP contribution in [0, 0.1) is 11.8 Å². The molecule has 224 valence electrons. The summed E-state index contributed by atoms with van der Waals surface area (Å²) in [5.74, 6) is 2.04. The smallest absolute Gasteiger partial charge is 0.407 e. The van der Waals surface area contributed by atoms with E-state index >= 15 is 0 Å². The van der Waals surface area contributed by atoms with Gasteiger partial charge in [-0.15, -0.1) is 0 Å². The number of fused-ring (bicyclic) bond motifs is 1. The van der Waals surface area contributed by atoms with Crippen molar-refractivity contribution in [3.8, 4) is 11.5 Å². The summed E-state index contributed by atoms with van der Waals surface area (Å²) in [7, 11) is 0. The molecule has 2 aromatic rings. The van der Waals surface area contributed by atoms with Crippen molar-refractivity contribution in [2.45, 2.75) is 78.0 Å². The van der Waals surface area contributed by atoms with Crippen LogP contribution in [0.2, 0.25) is 0 Å². The molecule has 1 heterocycles. The number of hydrogen-bond acceptors (Lipinski definition) is 7. The van der Waals surface area contributed by atoms with Gasteiger partial charge in [0.25, 0.3) is 0 Å². The highest BCUT2D eigenvalue weighted by molar-refractivity contribution is 5.75. The minimum absolute atomic E-state index is 0.0431. The van der Waals surface area contributed by atoms with Gasteiger partial charge in [0, 0.05) is 32.1 Å². The Kier molecular flexibility index (Phi) is 9.52. The molecule has 1 saturated heterocycles. The summed E-state index contributed by atoms with van der Waals surface area (Å²) >= 11 is 0. The van der Waals surface area contributed by atoms with Gasteiger partial charge >= 0.3 is 12.1 Å². The molecule has 2 aromatic carbocycles. The number of alkyl carbamates (subject to hydrolysis) is 1. The molecule has 1 aliphatic heterocycles. The molecule has 1 unspecified atom stereocenters. The number of piperidine rings is 1. The summed E-state index contributed by atoms with van der Waals surface area (Å²) in [5.41, 5.74) is 1.73. The number of rotatable bonds is 11. The third kappa shape index (κ3) is 8.86. The molecule has 1 N–H and O–H groups in total. The van der Waals surface area contributed by atoms with Crippen LogP contribution in [0.15, 0.2) is 48.5 Å². The highest BCUT2D eigenvalue weighted by atomic mass is 16.6. The van der Waals surface area contributed by atoms with Gasteiger partial charge in [0.05, 0.1) is 6.61 Å². The Morgan fingerprint density at radius 3 is 2.10 bits per heavy atom. The Morgan fingerprint density at radius 1 is 0.927 bits per heavy atom. The van der Waals surface area contributed by atoms with Crippen LogP contribution in [0.1, 0.15) is 59.6 Å². The third-order valence-electron chi connectivity index (χ3n) is 7.52. The van der Waals surface area contributed by atoms with Crippen LogP contribution >= 0.6 is 0 Å². The normalized spacial score (nSPS) is 21.0. The first-order valence-corrected chi connectivity index (χ1v) is 14.7. The molecule has 4 rings (SSSR count). The molecule has 4 atom stereocenters. The molecule has 2 fully saturated rings. The number of amides is 1. The number of nitrogens with one attached hydrogen (secondary N) is 1. The lowest BCUT2D eigenvalue weighted by molar-refractivity contribution is -0.151. The quantitative estimate of drug-likeness (QED) is 0.366. The number of benzene rings is 2. The Morgan fingerprint density at radius 2 is 1.54 bits per heavy atom. The number of nitrogens with zero attached hydrogens (tertiary/aromatic N) is 1. The standard InChI is InChI=1S/C33H46N2O6/c1-8-38-30(36)28(40-25-15-11-23(12-16-25)32(2,3)4)19-22-9-13-24(14-10-22)39-18-17-35-20-26-27(21-35)29(26)34-31(37)41-33(5,6)7/h9-16,26-29H,8,17-21H2,1-7H3,(H,34,37)/t26-,27?,28-,29+/m0/s1. The highest BCUT2D eigenvalue weighted by Crippen LogP contribution is 2.45. The molecule has 8 heteroatoms. The van der Waals surface area contributed by atoms with E-state index in [0.29, 0.717) is 37.2 Å². The first-order valence-electron chi connectivity index (χ1n) is 14.7. The van der Waals surface area contributed by atoms with Crippen LogP contribution in [0.4, 0.5) is 4.79 Å². The van der Waals surface area contributed by atoms with E-state index in [1.165, 1.54) is 5.56 Å². The Balaban J connectivity index is 1.21. The van der Waals surface area contributed by atoms with E-state index in [4.69, 9.17) is 18.9 Å². The number of likely N-dealkylation sites (tertiary alicyclic amines) is 1. The zero-order chi connectivity index (χ0) is 29.8. The topological polar surface area (TPSA) is 86.3 Å². The second-order valence-corrected chi connectivity index (χ2v) is 13.1. The predicted octanol–water partition coefficient (Wildman–Crippen LogP) is 5.37. The molecule has 0 spiro atoms. The number of carbonyl (C=O) groups is 2. The van der Waals surface area contributed by atoms with E-state index in [2.05, 4.69) is 31.0 Å². The van der Waals surface area contributed by atoms with E-state index < -0.39 is 11.7 Å². The SMILES string of the molecule is CCOC(=O)[C@H](Cc1ccc(OCCN2CC3[C@H](C2)[C@H]3NC(=O)OC(C)(C)C)cc1)Oc1ccc(C(C)(C)C)cc1. The molecule has 2 aliphatic rings. The molecule has 1 aliphatic carbocycles. The Bertz CT molecular complexity index is 1150. The van der Waals surface area contributed by atoms with Crippen LogP contribution in [0.5, 0.6) is 11.5 Å². The van der Waals surface area contributed by atoms with Crippen molar-refractivity contribution in [1.29, 1.82) is 0 Å². The first-order chi connectivity index (χ1) is 19.3. The summed E-state index contributed by atoms with van der Waals surface area (Å²) in [6.45, 7) is 17.5. The maximum absolute atomic E-state index is 12.7. The molecular weight excluding hydrogens is 520 g/mol.